The van der Waals surface area contributed by atoms with Gasteiger partial charge < -0.3 is 15.5 Å². The molecule has 0 saturated heterocycles. The third-order valence-corrected chi connectivity index (χ3v) is 5.41. The molecule has 0 bridgehead atoms. The lowest BCUT2D eigenvalue weighted by molar-refractivity contribution is -0.137. The van der Waals surface area contributed by atoms with E-state index in [4.69, 9.17) is 5.11 Å². The van der Waals surface area contributed by atoms with Crippen LogP contribution in [0.3, 0.4) is 0 Å². The zero-order valence-corrected chi connectivity index (χ0v) is 19.3. The lowest BCUT2D eigenvalue weighted by Gasteiger charge is -2.28. The van der Waals surface area contributed by atoms with Crippen molar-refractivity contribution in [2.24, 2.45) is 0 Å². The van der Waals surface area contributed by atoms with Crippen molar-refractivity contribution >= 4 is 18.4 Å². The van der Waals surface area contributed by atoms with E-state index in [0.717, 1.165) is 31.2 Å². The van der Waals surface area contributed by atoms with E-state index in [-0.39, 0.29) is 30.9 Å². The number of halogens is 2. The van der Waals surface area contributed by atoms with Crippen LogP contribution in [-0.2, 0) is 17.6 Å². The summed E-state index contributed by atoms with van der Waals surface area (Å²) in [5.41, 5.74) is 2.35. The van der Waals surface area contributed by atoms with Gasteiger partial charge in [0.15, 0.2) is 0 Å². The smallest absolute Gasteiger partial charge is 0.303 e. The van der Waals surface area contributed by atoms with Crippen LogP contribution in [0.5, 0.6) is 0 Å². The molecule has 1 atom stereocenters. The van der Waals surface area contributed by atoms with Crippen LogP contribution in [0, 0.1) is 5.82 Å². The molecule has 0 aliphatic rings. The van der Waals surface area contributed by atoms with Crippen molar-refractivity contribution in [2.45, 2.75) is 70.4 Å². The van der Waals surface area contributed by atoms with Crippen LogP contribution >= 0.6 is 12.4 Å². The number of hydrogen-bond acceptors (Lipinski definition) is 3. The molecule has 3 N–H and O–H groups in total. The van der Waals surface area contributed by atoms with Crippen molar-refractivity contribution in [3.8, 4) is 0 Å². The van der Waals surface area contributed by atoms with Gasteiger partial charge in [-0.05, 0) is 69.6 Å². The molecular weight excluding hydrogens is 417 g/mol. The summed E-state index contributed by atoms with van der Waals surface area (Å²) in [6.07, 6.45) is 4.17. The van der Waals surface area contributed by atoms with Gasteiger partial charge in [0.05, 0.1) is 6.10 Å². The van der Waals surface area contributed by atoms with Gasteiger partial charge >= 0.3 is 5.97 Å². The van der Waals surface area contributed by atoms with Crippen molar-refractivity contribution < 1.29 is 19.4 Å². The first-order chi connectivity index (χ1) is 14.3. The maximum absolute atomic E-state index is 14.3. The number of aliphatic hydroxyl groups is 1. The van der Waals surface area contributed by atoms with Gasteiger partial charge in [-0.1, -0.05) is 42.5 Å². The molecule has 31 heavy (non-hydrogen) atoms. The van der Waals surface area contributed by atoms with Crippen molar-refractivity contribution in [1.29, 1.82) is 0 Å². The minimum absolute atomic E-state index is 0. The highest BCUT2D eigenvalue weighted by Crippen LogP contribution is 2.21. The molecule has 0 heterocycles. The largest absolute Gasteiger partial charge is 0.481 e. The highest BCUT2D eigenvalue weighted by atomic mass is 35.5. The Hall–Kier alpha value is -1.95. The zero-order valence-electron chi connectivity index (χ0n) is 18.4. The zero-order chi connectivity index (χ0) is 22.0. The van der Waals surface area contributed by atoms with Gasteiger partial charge in [-0.25, -0.2) is 4.39 Å². The summed E-state index contributed by atoms with van der Waals surface area (Å²) in [7, 11) is 0. The van der Waals surface area contributed by atoms with Crippen LogP contribution in [0.2, 0.25) is 0 Å². The Bertz CT molecular complexity index is 799. The molecule has 2 rings (SSSR count). The van der Waals surface area contributed by atoms with Gasteiger partial charge in [0.25, 0.3) is 0 Å². The molecule has 172 valence electrons. The van der Waals surface area contributed by atoms with Gasteiger partial charge in [0.2, 0.25) is 0 Å². The van der Waals surface area contributed by atoms with Crippen LogP contribution in [0.25, 0.3) is 0 Å². The molecule has 4 nitrogen and oxygen atoms in total. The average Bonchev–Trinajstić information content (AvgIpc) is 2.71. The summed E-state index contributed by atoms with van der Waals surface area (Å²) in [5.74, 6) is -1.22. The molecule has 0 aromatic heterocycles. The Morgan fingerprint density at radius 1 is 1.03 bits per heavy atom. The van der Waals surface area contributed by atoms with Gasteiger partial charge in [0.1, 0.15) is 5.82 Å². The first-order valence-electron chi connectivity index (χ1n) is 10.7. The molecule has 0 aliphatic carbocycles. The Labute approximate surface area is 191 Å². The fourth-order valence-electron chi connectivity index (χ4n) is 3.56. The number of hydrogen-bond donors (Lipinski definition) is 3. The van der Waals surface area contributed by atoms with Gasteiger partial charge in [0, 0.05) is 24.1 Å². The van der Waals surface area contributed by atoms with Gasteiger partial charge in [-0.15, -0.1) is 12.4 Å². The molecular formula is C25H35ClFNO3. The van der Waals surface area contributed by atoms with E-state index in [2.05, 4.69) is 31.3 Å². The Kier molecular flexibility index (Phi) is 11.8. The van der Waals surface area contributed by atoms with Crippen LogP contribution in [0.15, 0.2) is 48.5 Å². The van der Waals surface area contributed by atoms with E-state index in [1.54, 1.807) is 12.1 Å². The summed E-state index contributed by atoms with van der Waals surface area (Å²) in [6, 6.07) is 15.1. The SMILES string of the molecule is CC(C)(CCCc1ccccc1)NC[C@@H](O)c1cc(CCCCC(=O)O)ccc1F.Cl. The topological polar surface area (TPSA) is 69.6 Å². The highest BCUT2D eigenvalue weighted by molar-refractivity contribution is 5.85. The summed E-state index contributed by atoms with van der Waals surface area (Å²) < 4.78 is 14.3. The molecule has 0 spiro atoms. The molecule has 0 aliphatic heterocycles. The van der Waals surface area contributed by atoms with E-state index < -0.39 is 17.9 Å². The predicted octanol–water partition coefficient (Wildman–Crippen LogP) is 5.47. The minimum atomic E-state index is -0.933. The Morgan fingerprint density at radius 3 is 2.39 bits per heavy atom. The van der Waals surface area contributed by atoms with E-state index in [1.807, 2.05) is 18.2 Å². The van der Waals surface area contributed by atoms with E-state index in [0.29, 0.717) is 18.4 Å². The number of β-amino-alcohol motifs (C(OH)–C–C–N with tert-alkyl or cyclic N) is 1. The number of carbonyl (C=O) groups is 1. The number of carboxylic acids is 1. The Morgan fingerprint density at radius 2 is 1.71 bits per heavy atom. The summed E-state index contributed by atoms with van der Waals surface area (Å²) >= 11 is 0. The number of nitrogens with one attached hydrogen (secondary N) is 1. The maximum atomic E-state index is 14.3. The van der Waals surface area contributed by atoms with Gasteiger partial charge in [-0.2, -0.15) is 0 Å². The quantitative estimate of drug-likeness (QED) is 0.353. The van der Waals surface area contributed by atoms with Crippen molar-refractivity contribution in [2.75, 3.05) is 6.54 Å². The third kappa shape index (κ3) is 10.3. The highest BCUT2D eigenvalue weighted by Gasteiger charge is 2.20. The molecule has 2 aromatic rings. The monoisotopic (exact) mass is 451 g/mol. The Balaban J connectivity index is 0.00000480. The number of aliphatic hydroxyl groups excluding tert-OH is 1. The number of benzene rings is 2. The summed E-state index contributed by atoms with van der Waals surface area (Å²) in [5, 5.41) is 22.6. The molecule has 6 heteroatoms. The molecule has 0 saturated carbocycles. The molecule has 0 amide bonds. The number of unbranched alkanes of at least 4 members (excludes halogenated alkanes) is 1. The van der Waals surface area contributed by atoms with Crippen LogP contribution in [-0.4, -0.2) is 28.3 Å². The van der Waals surface area contributed by atoms with Crippen molar-refractivity contribution in [3.05, 3.63) is 71.0 Å². The van der Waals surface area contributed by atoms with Crippen molar-refractivity contribution in [3.63, 3.8) is 0 Å². The summed E-state index contributed by atoms with van der Waals surface area (Å²) in [6.45, 7) is 4.47. The van der Waals surface area contributed by atoms with Crippen LogP contribution in [0.4, 0.5) is 4.39 Å². The second-order valence-electron chi connectivity index (χ2n) is 8.58. The van der Waals surface area contributed by atoms with Crippen LogP contribution < -0.4 is 5.32 Å². The average molecular weight is 452 g/mol. The maximum Gasteiger partial charge on any atom is 0.303 e. The number of rotatable bonds is 13. The normalized spacial score (nSPS) is 12.3. The fourth-order valence-corrected chi connectivity index (χ4v) is 3.56. The minimum Gasteiger partial charge on any atom is -0.481 e. The predicted molar refractivity (Wildman–Crippen MR) is 125 cm³/mol. The molecule has 0 unspecified atom stereocenters. The first-order valence-corrected chi connectivity index (χ1v) is 10.7. The number of aliphatic carboxylic acids is 1. The van der Waals surface area contributed by atoms with Gasteiger partial charge in [-0.3, -0.25) is 4.79 Å². The van der Waals surface area contributed by atoms with Crippen LogP contribution in [0.1, 0.15) is 68.7 Å². The summed E-state index contributed by atoms with van der Waals surface area (Å²) in [4.78, 5) is 10.6. The number of carboxylic acid groups (broad SMARTS) is 1. The lowest BCUT2D eigenvalue weighted by Crippen LogP contribution is -2.41. The third-order valence-electron chi connectivity index (χ3n) is 5.41. The van der Waals surface area contributed by atoms with E-state index in [1.165, 1.54) is 11.6 Å². The number of aryl methyl sites for hydroxylation is 2. The first kappa shape index (κ1) is 27.1. The molecule has 2 aromatic carbocycles. The second-order valence-corrected chi connectivity index (χ2v) is 8.58. The van der Waals surface area contributed by atoms with E-state index >= 15 is 0 Å². The van der Waals surface area contributed by atoms with E-state index in [9.17, 15) is 14.3 Å². The molecule has 0 radical (unpaired) electrons. The second kappa shape index (κ2) is 13.5. The van der Waals surface area contributed by atoms with Crippen molar-refractivity contribution in [1.82, 2.24) is 5.32 Å². The fraction of sp³-hybridized carbons (Fsp3) is 0.480. The molecule has 0 fully saturated rings. The lowest BCUT2D eigenvalue weighted by atomic mass is 9.94. The standard InChI is InChI=1S/C25H34FNO3.ClH/c1-25(2,16-8-12-19-9-4-3-5-10-19)27-18-23(28)21-17-20(14-15-22(21)26)11-6-7-13-24(29)30;/h3-5,9-10,14-15,17,23,27-28H,6-8,11-13,16,18H2,1-2H3,(H,29,30);1H/t23-;/m1./s1.